The number of aliphatic hydroxyl groups excluding tert-OH is 1. The van der Waals surface area contributed by atoms with Crippen LogP contribution in [0.4, 0.5) is 0 Å². The van der Waals surface area contributed by atoms with Crippen LogP contribution in [-0.4, -0.2) is 32.3 Å². The smallest absolute Gasteiger partial charge is 0.240 e. The van der Waals surface area contributed by atoms with E-state index in [0.29, 0.717) is 17.7 Å². The summed E-state index contributed by atoms with van der Waals surface area (Å²) in [6.45, 7) is 6.30. The highest BCUT2D eigenvalue weighted by Gasteiger charge is 2.31. The van der Waals surface area contributed by atoms with Gasteiger partial charge in [-0.2, -0.15) is 0 Å². The maximum absolute atomic E-state index is 12.5. The zero-order valence-corrected chi connectivity index (χ0v) is 13.6. The molecule has 5 nitrogen and oxygen atoms in total. The predicted octanol–water partition coefficient (Wildman–Crippen LogP) is 1.64. The van der Waals surface area contributed by atoms with Crippen LogP contribution in [0.1, 0.15) is 36.5 Å². The molecule has 21 heavy (non-hydrogen) atoms. The van der Waals surface area contributed by atoms with E-state index in [9.17, 15) is 13.5 Å². The van der Waals surface area contributed by atoms with E-state index in [1.165, 1.54) is 6.07 Å². The van der Waals surface area contributed by atoms with Crippen LogP contribution in [0, 0.1) is 13.8 Å². The largest absolute Gasteiger partial charge is 0.392 e. The predicted molar refractivity (Wildman–Crippen MR) is 80.6 cm³/mol. The van der Waals surface area contributed by atoms with Gasteiger partial charge in [0.1, 0.15) is 0 Å². The number of rotatable bonds is 5. The Morgan fingerprint density at radius 3 is 2.67 bits per heavy atom. The highest BCUT2D eigenvalue weighted by molar-refractivity contribution is 7.89. The van der Waals surface area contributed by atoms with E-state index in [-0.39, 0.29) is 18.0 Å². The van der Waals surface area contributed by atoms with Crippen molar-refractivity contribution >= 4 is 10.0 Å². The summed E-state index contributed by atoms with van der Waals surface area (Å²) in [5, 5.41) is 9.25. The second-order valence-electron chi connectivity index (χ2n) is 5.92. The lowest BCUT2D eigenvalue weighted by molar-refractivity contribution is 0.0250. The van der Waals surface area contributed by atoms with Crippen molar-refractivity contribution in [2.24, 2.45) is 0 Å². The normalized spacial score (nSPS) is 22.7. The number of nitrogens with one attached hydrogen (secondary N) is 1. The number of sulfonamides is 1. The van der Waals surface area contributed by atoms with E-state index in [4.69, 9.17) is 4.74 Å². The molecule has 1 aliphatic heterocycles. The molecule has 2 rings (SSSR count). The molecule has 1 atom stereocenters. The molecular formula is C15H23NO4S. The fourth-order valence-corrected chi connectivity index (χ4v) is 4.09. The van der Waals surface area contributed by atoms with Gasteiger partial charge in [-0.05, 0) is 56.4 Å². The maximum Gasteiger partial charge on any atom is 0.240 e. The Morgan fingerprint density at radius 2 is 2.10 bits per heavy atom. The average Bonchev–Trinajstić information content (AvgIpc) is 2.87. The van der Waals surface area contributed by atoms with Gasteiger partial charge >= 0.3 is 0 Å². The van der Waals surface area contributed by atoms with Gasteiger partial charge in [-0.25, -0.2) is 13.1 Å². The Balaban J connectivity index is 2.25. The maximum atomic E-state index is 12.5. The second-order valence-corrected chi connectivity index (χ2v) is 7.66. The minimum absolute atomic E-state index is 0.176. The van der Waals surface area contributed by atoms with Gasteiger partial charge in [-0.1, -0.05) is 6.07 Å². The van der Waals surface area contributed by atoms with Crippen molar-refractivity contribution in [3.05, 3.63) is 28.8 Å². The van der Waals surface area contributed by atoms with Crippen molar-refractivity contribution < 1.29 is 18.3 Å². The summed E-state index contributed by atoms with van der Waals surface area (Å²) in [7, 11) is -3.61. The molecule has 0 amide bonds. The zero-order chi connectivity index (χ0) is 15.7. The van der Waals surface area contributed by atoms with Crippen LogP contribution in [0.15, 0.2) is 17.0 Å². The molecule has 1 aromatic carbocycles. The average molecular weight is 313 g/mol. The topological polar surface area (TPSA) is 75.6 Å². The minimum atomic E-state index is -3.61. The van der Waals surface area contributed by atoms with E-state index in [1.54, 1.807) is 13.0 Å². The van der Waals surface area contributed by atoms with Crippen LogP contribution in [0.25, 0.3) is 0 Å². The van der Waals surface area contributed by atoms with Crippen molar-refractivity contribution in [1.82, 2.24) is 4.72 Å². The van der Waals surface area contributed by atoms with Crippen LogP contribution >= 0.6 is 0 Å². The Kier molecular flexibility index (Phi) is 4.72. The highest BCUT2D eigenvalue weighted by atomic mass is 32.2. The monoisotopic (exact) mass is 313 g/mol. The molecule has 1 saturated heterocycles. The molecule has 2 N–H and O–H groups in total. The van der Waals surface area contributed by atoms with Gasteiger partial charge in [0.2, 0.25) is 10.0 Å². The molecule has 0 bridgehead atoms. The fourth-order valence-electron chi connectivity index (χ4n) is 2.57. The second kappa shape index (κ2) is 6.04. The van der Waals surface area contributed by atoms with E-state index >= 15 is 0 Å². The third-order valence-corrected chi connectivity index (χ3v) is 5.62. The summed E-state index contributed by atoms with van der Waals surface area (Å²) in [5.41, 5.74) is 1.73. The van der Waals surface area contributed by atoms with Crippen molar-refractivity contribution in [2.45, 2.75) is 50.7 Å². The summed E-state index contributed by atoms with van der Waals surface area (Å²) in [6, 6.07) is 3.33. The summed E-state index contributed by atoms with van der Waals surface area (Å²) >= 11 is 0. The number of aliphatic hydroxyl groups is 1. The van der Waals surface area contributed by atoms with Crippen LogP contribution in [0.5, 0.6) is 0 Å². The molecule has 1 fully saturated rings. The molecule has 1 aliphatic rings. The first-order valence-corrected chi connectivity index (χ1v) is 8.60. The van der Waals surface area contributed by atoms with Crippen molar-refractivity contribution in [1.29, 1.82) is 0 Å². The molecule has 0 radical (unpaired) electrons. The fraction of sp³-hybridized carbons (Fsp3) is 0.600. The number of ether oxygens (including phenoxy) is 1. The first-order chi connectivity index (χ1) is 9.77. The van der Waals surface area contributed by atoms with Gasteiger partial charge in [0.05, 0.1) is 17.1 Å². The Hall–Kier alpha value is -0.950. The standard InChI is InChI=1S/C15H23NO4S/c1-11-7-13(9-17)8-14(12(11)2)21(18,19)16-10-15(3)5-4-6-20-15/h7-8,16-17H,4-6,9-10H2,1-3H3. The Labute approximate surface area is 126 Å². The molecule has 1 heterocycles. The number of hydrogen-bond donors (Lipinski definition) is 2. The Morgan fingerprint density at radius 1 is 1.38 bits per heavy atom. The van der Waals surface area contributed by atoms with Crippen LogP contribution in [0.3, 0.4) is 0 Å². The van der Waals surface area contributed by atoms with Gasteiger partial charge in [0.15, 0.2) is 0 Å². The zero-order valence-electron chi connectivity index (χ0n) is 12.8. The molecule has 1 aromatic rings. The molecule has 6 heteroatoms. The SMILES string of the molecule is Cc1cc(CO)cc(S(=O)(=O)NCC2(C)CCCO2)c1C. The molecule has 118 valence electrons. The lowest BCUT2D eigenvalue weighted by Crippen LogP contribution is -2.40. The van der Waals surface area contributed by atoms with Gasteiger partial charge < -0.3 is 9.84 Å². The van der Waals surface area contributed by atoms with Crippen molar-refractivity contribution in [3.8, 4) is 0 Å². The van der Waals surface area contributed by atoms with E-state index in [1.807, 2.05) is 13.8 Å². The first-order valence-electron chi connectivity index (χ1n) is 7.12. The van der Waals surface area contributed by atoms with E-state index in [0.717, 1.165) is 18.4 Å². The number of hydrogen-bond acceptors (Lipinski definition) is 4. The van der Waals surface area contributed by atoms with E-state index < -0.39 is 15.6 Å². The van der Waals surface area contributed by atoms with Crippen LogP contribution in [-0.2, 0) is 21.4 Å². The number of aryl methyl sites for hydroxylation is 1. The summed E-state index contributed by atoms with van der Waals surface area (Å²) < 4.78 is 33.3. The van der Waals surface area contributed by atoms with Gasteiger partial charge in [-0.15, -0.1) is 0 Å². The summed E-state index contributed by atoms with van der Waals surface area (Å²) in [4.78, 5) is 0.230. The van der Waals surface area contributed by atoms with Gasteiger partial charge in [0.25, 0.3) is 0 Å². The van der Waals surface area contributed by atoms with Crippen LogP contribution < -0.4 is 4.72 Å². The molecule has 0 aromatic heterocycles. The van der Waals surface area contributed by atoms with Crippen molar-refractivity contribution in [3.63, 3.8) is 0 Å². The Bertz CT molecular complexity index is 619. The molecule has 0 saturated carbocycles. The summed E-state index contributed by atoms with van der Waals surface area (Å²) in [5.74, 6) is 0. The third-order valence-electron chi connectivity index (χ3n) is 4.09. The molecule has 0 aliphatic carbocycles. The third kappa shape index (κ3) is 3.63. The summed E-state index contributed by atoms with van der Waals surface area (Å²) in [6.07, 6.45) is 1.81. The lowest BCUT2D eigenvalue weighted by Gasteiger charge is -2.23. The molecule has 0 spiro atoms. The van der Waals surface area contributed by atoms with Gasteiger partial charge in [0, 0.05) is 13.2 Å². The molecular weight excluding hydrogens is 290 g/mol. The quantitative estimate of drug-likeness (QED) is 0.866. The van der Waals surface area contributed by atoms with Crippen LogP contribution in [0.2, 0.25) is 0 Å². The minimum Gasteiger partial charge on any atom is -0.392 e. The van der Waals surface area contributed by atoms with Gasteiger partial charge in [-0.3, -0.25) is 0 Å². The highest BCUT2D eigenvalue weighted by Crippen LogP contribution is 2.26. The lowest BCUT2D eigenvalue weighted by atomic mass is 10.0. The van der Waals surface area contributed by atoms with Crippen molar-refractivity contribution in [2.75, 3.05) is 13.2 Å². The van der Waals surface area contributed by atoms with E-state index in [2.05, 4.69) is 4.72 Å². The number of benzene rings is 1. The molecule has 1 unspecified atom stereocenters. The first kappa shape index (κ1) is 16.4.